The van der Waals surface area contributed by atoms with Crippen molar-refractivity contribution in [2.24, 2.45) is 5.41 Å². The maximum Gasteiger partial charge on any atom is 0.249 e. The number of anilines is 3. The summed E-state index contributed by atoms with van der Waals surface area (Å²) in [7, 11) is 0. The van der Waals surface area contributed by atoms with Crippen LogP contribution in [0.25, 0.3) is 50.3 Å². The second kappa shape index (κ2) is 32.4. The van der Waals surface area contributed by atoms with Crippen LogP contribution in [-0.4, -0.2) is 160 Å². The van der Waals surface area contributed by atoms with Gasteiger partial charge in [0, 0.05) is 159 Å². The van der Waals surface area contributed by atoms with Gasteiger partial charge in [-0.05, 0) is 196 Å². The maximum absolute atomic E-state index is 13.1. The molecule has 6 bridgehead atoms. The van der Waals surface area contributed by atoms with E-state index >= 15 is 0 Å². The number of ether oxygens (including phenoxy) is 2. The number of nitriles is 1. The molecule has 9 fully saturated rings. The minimum atomic E-state index is -0.833. The number of amides is 3. The number of benzene rings is 3. The molecule has 1 unspecified atom stereocenters. The molecule has 9 aliphatic rings. The first-order chi connectivity index (χ1) is 60.4. The Morgan fingerprint density at radius 3 is 1.14 bits per heavy atom. The molecule has 3 amide bonds. The number of hydrogen-bond acceptors (Lipinski definition) is 22. The Kier molecular flexibility index (Phi) is 21.2. The average molecular weight is 1680 g/mol. The van der Waals surface area contributed by atoms with E-state index in [2.05, 4.69) is 70.0 Å². The summed E-state index contributed by atoms with van der Waals surface area (Å²) in [5.74, 6) is 4.12. The number of pyridine rings is 3. The third-order valence-electron chi connectivity index (χ3n) is 28.3. The van der Waals surface area contributed by atoms with E-state index in [0.717, 1.165) is 224 Å². The Balaban J connectivity index is 0.000000123. The van der Waals surface area contributed by atoms with Gasteiger partial charge in [-0.1, -0.05) is 72.8 Å². The van der Waals surface area contributed by atoms with Crippen LogP contribution >= 0.6 is 0 Å². The van der Waals surface area contributed by atoms with Crippen LogP contribution in [0.15, 0.2) is 165 Å². The number of hydrogen-bond donors (Lipinski definition) is 6. The summed E-state index contributed by atoms with van der Waals surface area (Å²) >= 11 is 0. The Bertz CT molecular complexity index is 6280. The molecule has 1 atom stereocenters. The van der Waals surface area contributed by atoms with E-state index in [-0.39, 0.29) is 93.3 Å². The fraction of sp³-hybridized carbons (Fsp3) is 0.402. The lowest BCUT2D eigenvalue weighted by atomic mass is 9.83. The van der Waals surface area contributed by atoms with Gasteiger partial charge in [0.1, 0.15) is 80.1 Å². The molecule has 12 aromatic rings. The normalized spacial score (nSPS) is 24.2. The number of nitrogen functional groups attached to an aromatic ring is 3. The molecule has 2 saturated heterocycles. The monoisotopic (exact) mass is 1670 g/mol. The Labute approximate surface area is 723 Å². The van der Waals surface area contributed by atoms with Crippen molar-refractivity contribution in [3.05, 3.63) is 233 Å². The largest absolute Gasteiger partial charge is 0.382 e. The first-order valence-corrected chi connectivity index (χ1v) is 43.8. The van der Waals surface area contributed by atoms with Crippen molar-refractivity contribution in [2.75, 3.05) is 56.7 Å². The highest BCUT2D eigenvalue weighted by atomic mass is 16.5. The number of carbonyl (C=O) groups is 6. The summed E-state index contributed by atoms with van der Waals surface area (Å²) in [4.78, 5) is 122. The highest BCUT2D eigenvalue weighted by molar-refractivity contribution is 6.00. The number of aryl methyl sites for hydroxylation is 3. The molecule has 7 aliphatic carbocycles. The van der Waals surface area contributed by atoms with E-state index < -0.39 is 5.41 Å². The zero-order valence-corrected chi connectivity index (χ0v) is 70.7. The quantitative estimate of drug-likeness (QED) is 0.0343. The second-order valence-electron chi connectivity index (χ2n) is 36.7. The number of ketones is 3. The first kappa shape index (κ1) is 81.8. The Morgan fingerprint density at radius 1 is 0.448 bits per heavy atom. The summed E-state index contributed by atoms with van der Waals surface area (Å²) in [6, 6.07) is 36.4. The third kappa shape index (κ3) is 15.6. The Morgan fingerprint density at radius 2 is 0.808 bits per heavy atom. The summed E-state index contributed by atoms with van der Waals surface area (Å²) in [6.45, 7) is 9.99. The summed E-state index contributed by atoms with van der Waals surface area (Å²) in [5, 5.41) is 19.6. The fourth-order valence-electron chi connectivity index (χ4n) is 21.6. The van der Waals surface area contributed by atoms with E-state index in [1.807, 2.05) is 149 Å². The number of Topliss-reactive ketones (excluding diaryl/α,β-unsaturated/α-hetero) is 3. The van der Waals surface area contributed by atoms with Crippen LogP contribution in [0.5, 0.6) is 0 Å². The summed E-state index contributed by atoms with van der Waals surface area (Å²) in [5.41, 5.74) is 31.8. The van der Waals surface area contributed by atoms with E-state index in [0.29, 0.717) is 73.4 Å². The van der Waals surface area contributed by atoms with Gasteiger partial charge in [-0.3, -0.25) is 61.8 Å². The molecule has 0 spiro atoms. The van der Waals surface area contributed by atoms with Gasteiger partial charge in [-0.15, -0.1) is 0 Å². The number of imidazole rings is 3. The molecule has 0 radical (unpaired) electrons. The zero-order chi connectivity index (χ0) is 86.2. The van der Waals surface area contributed by atoms with Crippen LogP contribution in [0.1, 0.15) is 204 Å². The van der Waals surface area contributed by atoms with Gasteiger partial charge in [-0.25, -0.2) is 29.9 Å². The number of nitrogens with one attached hydrogen (secondary N) is 3. The van der Waals surface area contributed by atoms with Crippen molar-refractivity contribution in [2.45, 2.75) is 201 Å². The van der Waals surface area contributed by atoms with Gasteiger partial charge < -0.3 is 42.6 Å². The molecule has 28 heteroatoms. The SMILES string of the molecule is Cc1ccnc(CC(=O)c2ccc(-c3nc(C45CCC(NC(=O)C6(C#N)CC6)(CC4)C5)n4ccnc(N)c34)cc2)c1.Cc1ccnc(CC(=O)c2ccc(-c3nc(C45CCC(NC(=O)C6CCCO6)(CC4)C5)n4ccnc(N)c34)cc2)c1.Cc1ccnc(CC(=O)c2ccc(-c3nc(C45CCC(NC(=O)CN6CCOCC6)(CC4)C5)n4ccnc(N)c34)cc2)c1. The van der Waals surface area contributed by atoms with Gasteiger partial charge in [0.05, 0.1) is 45.1 Å². The molecule has 21 rings (SSSR count). The number of nitrogens with two attached hydrogens (primary N) is 3. The third-order valence-corrected chi connectivity index (χ3v) is 28.3. The van der Waals surface area contributed by atoms with E-state index in [9.17, 15) is 34.0 Å². The van der Waals surface area contributed by atoms with Gasteiger partial charge in [-0.2, -0.15) is 5.26 Å². The van der Waals surface area contributed by atoms with Gasteiger partial charge in [0.2, 0.25) is 17.7 Å². The molecule has 7 saturated carbocycles. The molecule has 11 heterocycles. The van der Waals surface area contributed by atoms with Crippen molar-refractivity contribution >= 4 is 69.1 Å². The molecule has 9 aromatic heterocycles. The average Bonchev–Trinajstić information content (AvgIpc) is 1.56. The van der Waals surface area contributed by atoms with Crippen molar-refractivity contribution in [3.8, 4) is 39.8 Å². The predicted octanol–water partition coefficient (Wildman–Crippen LogP) is 12.3. The summed E-state index contributed by atoms with van der Waals surface area (Å²) < 4.78 is 17.3. The standard InChI is InChI=1S/C33H37N7O3.C32H31N7O2.C32H34N6O3/c1-22-6-11-35-25(18-22)19-26(41)23-2-4-24(5-3-23)28-29-30(34)36-12-13-40(29)31(37-28)32-7-9-33(21-32,10-8-32)38-27(42)20-39-14-16-43-17-15-39;1-20-6-13-35-23(16-20)17-24(40)21-2-4-22(5-3-21)25-26-27(34)36-14-15-39(26)28(37-25)30-9-11-32(18-30,12-10-30)38-29(41)31(19-33)7-8-31;1-20-8-13-34-23(17-20)18-24(39)21-4-6-22(7-5-21)26-27-28(33)35-14-15-38(27)30(36-26)31-9-11-32(19-31,12-10-31)37-29(40)25-3-2-16-41-25/h2-6,11-13,18H,7-10,14-17,19-21H2,1H3,(H2,34,36)(H,38,42);2-6,13-16H,7-12,17-18H2,1H3,(H2,34,36)(H,38,41);4-8,13-15,17,25H,2-3,9-12,16,18-19H2,1H3,(H2,33,35)(H,37,40). The molecular formula is C97H102N20O8. The lowest BCUT2D eigenvalue weighted by Crippen LogP contribution is -2.50. The van der Waals surface area contributed by atoms with Crippen molar-refractivity contribution < 1.29 is 38.2 Å². The van der Waals surface area contributed by atoms with Crippen LogP contribution in [0, 0.1) is 37.5 Å². The van der Waals surface area contributed by atoms with Gasteiger partial charge in [0.25, 0.3) is 0 Å². The van der Waals surface area contributed by atoms with Crippen molar-refractivity contribution in [1.82, 2.24) is 78.9 Å². The number of nitrogens with zero attached hydrogens (tertiary/aromatic N) is 14. The number of morpholine rings is 1. The maximum atomic E-state index is 13.1. The van der Waals surface area contributed by atoms with E-state index in [1.54, 1.807) is 37.2 Å². The first-order valence-electron chi connectivity index (χ1n) is 43.8. The van der Waals surface area contributed by atoms with Crippen molar-refractivity contribution in [1.29, 1.82) is 5.26 Å². The van der Waals surface area contributed by atoms with Crippen LogP contribution in [-0.2, 0) is 59.4 Å². The van der Waals surface area contributed by atoms with Crippen LogP contribution in [0.4, 0.5) is 17.5 Å². The smallest absolute Gasteiger partial charge is 0.249 e. The molecule has 28 nitrogen and oxygen atoms in total. The highest BCUT2D eigenvalue weighted by Crippen LogP contribution is 2.61. The van der Waals surface area contributed by atoms with E-state index in [4.69, 9.17) is 41.6 Å². The van der Waals surface area contributed by atoms with Crippen LogP contribution in [0.2, 0.25) is 0 Å². The molecule has 125 heavy (non-hydrogen) atoms. The molecule has 2 aliphatic heterocycles. The number of rotatable bonds is 22. The molecule has 638 valence electrons. The lowest BCUT2D eigenvalue weighted by Gasteiger charge is -2.31. The Hall–Kier alpha value is -12.8. The second-order valence-corrected chi connectivity index (χ2v) is 36.7. The zero-order valence-electron chi connectivity index (χ0n) is 70.7. The molecule has 3 aromatic carbocycles. The molecule has 9 N–H and O–H groups in total. The number of carbonyl (C=O) groups excluding carboxylic acids is 6. The van der Waals surface area contributed by atoms with Gasteiger partial charge >= 0.3 is 0 Å². The minimum Gasteiger partial charge on any atom is -0.382 e. The number of fused-ring (bicyclic) bond motifs is 9. The minimum absolute atomic E-state index is 0.00443. The van der Waals surface area contributed by atoms with Crippen LogP contribution < -0.4 is 33.2 Å². The van der Waals surface area contributed by atoms with Gasteiger partial charge in [0.15, 0.2) is 17.3 Å². The topological polar surface area (TPSA) is 391 Å². The van der Waals surface area contributed by atoms with Crippen molar-refractivity contribution in [3.63, 3.8) is 0 Å². The van der Waals surface area contributed by atoms with Crippen LogP contribution in [0.3, 0.4) is 0 Å². The number of aromatic nitrogens is 12. The van der Waals surface area contributed by atoms with E-state index in [1.165, 1.54) is 0 Å². The molecular weight excluding hydrogens is 1570 g/mol. The fourth-order valence-corrected chi connectivity index (χ4v) is 21.6. The summed E-state index contributed by atoms with van der Waals surface area (Å²) in [6.07, 6.45) is 33.0. The highest BCUT2D eigenvalue weighted by Gasteiger charge is 2.62. The predicted molar refractivity (Wildman–Crippen MR) is 470 cm³/mol. The lowest BCUT2D eigenvalue weighted by molar-refractivity contribution is -0.132.